The molecule has 43 heavy (non-hydrogen) atoms. The molecule has 5 rings (SSSR count). The minimum absolute atomic E-state index is 0.0763. The number of aliphatic imine (C=N–C) groups is 1. The molecule has 2 aliphatic rings. The molecule has 3 aromatic rings. The minimum Gasteiger partial charge on any atom is -0.493 e. The number of methoxy groups -OCH3 is 2. The molecule has 0 radical (unpaired) electrons. The Balaban J connectivity index is 1.29. The van der Waals surface area contributed by atoms with Crippen LogP contribution in [0.4, 0.5) is 0 Å². The molecule has 0 bridgehead atoms. The maximum absolute atomic E-state index is 13.0. The van der Waals surface area contributed by atoms with Gasteiger partial charge in [0, 0.05) is 5.56 Å². The summed E-state index contributed by atoms with van der Waals surface area (Å²) >= 11 is 7.84. The SMILES string of the molecule is C=CCc1ccc(OCCOc2c(Cl)cc(/C=C3/C(=N)N4N=C(c5ccccc5C)SC4=NC3=O)cc2OC)c(OC)c1. The summed E-state index contributed by atoms with van der Waals surface area (Å²) in [5.41, 5.74) is 3.65. The van der Waals surface area contributed by atoms with E-state index >= 15 is 0 Å². The fraction of sp³-hybridized carbons (Fsp3) is 0.188. The molecular weight excluding hydrogens is 588 g/mol. The lowest BCUT2D eigenvalue weighted by molar-refractivity contribution is -0.114. The Morgan fingerprint density at radius 2 is 1.79 bits per heavy atom. The van der Waals surface area contributed by atoms with Gasteiger partial charge < -0.3 is 18.9 Å². The van der Waals surface area contributed by atoms with Crippen molar-refractivity contribution in [3.05, 3.63) is 100 Å². The Labute approximate surface area is 259 Å². The number of benzene rings is 3. The standard InChI is InChI=1S/C32H29ClN4O5S/c1-5-8-20-11-12-25(26(17-20)39-3)41-13-14-42-28-24(33)16-21(18-27(28)40-4)15-23-29(34)37-32(35-30(23)38)43-31(36-37)22-10-7-6-9-19(22)2/h5-7,9-12,15-18,34H,1,8,13-14H2,2-4H3/b23-15-,34-29?. The third kappa shape index (κ3) is 6.45. The van der Waals surface area contributed by atoms with Crippen LogP contribution in [-0.4, -0.2) is 54.4 Å². The third-order valence-electron chi connectivity index (χ3n) is 6.59. The molecule has 0 saturated heterocycles. The van der Waals surface area contributed by atoms with Crippen molar-refractivity contribution in [2.75, 3.05) is 27.4 Å². The molecule has 11 heteroatoms. The maximum atomic E-state index is 13.0. The predicted octanol–water partition coefficient (Wildman–Crippen LogP) is 6.52. The summed E-state index contributed by atoms with van der Waals surface area (Å²) in [5, 5.41) is 16.0. The van der Waals surface area contributed by atoms with Crippen LogP contribution in [0.5, 0.6) is 23.0 Å². The monoisotopic (exact) mass is 616 g/mol. The van der Waals surface area contributed by atoms with E-state index in [2.05, 4.69) is 16.7 Å². The number of carbonyl (C=O) groups excluding carboxylic acids is 1. The van der Waals surface area contributed by atoms with Gasteiger partial charge in [-0.25, -0.2) is 0 Å². The van der Waals surface area contributed by atoms with Gasteiger partial charge in [-0.3, -0.25) is 10.2 Å². The van der Waals surface area contributed by atoms with Crippen molar-refractivity contribution in [1.82, 2.24) is 5.01 Å². The molecule has 2 heterocycles. The van der Waals surface area contributed by atoms with E-state index < -0.39 is 5.91 Å². The van der Waals surface area contributed by atoms with Gasteiger partial charge in [0.2, 0.25) is 5.17 Å². The van der Waals surface area contributed by atoms with Gasteiger partial charge in [-0.05, 0) is 72.1 Å². The van der Waals surface area contributed by atoms with Gasteiger partial charge in [0.15, 0.2) is 28.8 Å². The second kappa shape index (κ2) is 13.2. The highest BCUT2D eigenvalue weighted by Crippen LogP contribution is 2.38. The van der Waals surface area contributed by atoms with Crippen molar-refractivity contribution in [2.24, 2.45) is 10.1 Å². The average Bonchev–Trinajstić information content (AvgIpc) is 3.42. The molecule has 0 spiro atoms. The highest BCUT2D eigenvalue weighted by molar-refractivity contribution is 8.27. The van der Waals surface area contributed by atoms with Crippen LogP contribution < -0.4 is 18.9 Å². The normalized spacial score (nSPS) is 15.2. The van der Waals surface area contributed by atoms with E-state index in [9.17, 15) is 4.79 Å². The van der Waals surface area contributed by atoms with E-state index in [0.29, 0.717) is 38.8 Å². The number of rotatable bonds is 11. The molecular formula is C32H29ClN4O5S. The molecule has 220 valence electrons. The number of thioether (sulfide) groups is 1. The molecule has 0 fully saturated rings. The summed E-state index contributed by atoms with van der Waals surface area (Å²) < 4.78 is 22.7. The molecule has 0 aromatic heterocycles. The van der Waals surface area contributed by atoms with Crippen molar-refractivity contribution >= 4 is 51.4 Å². The molecule has 1 N–H and O–H groups in total. The maximum Gasteiger partial charge on any atom is 0.283 e. The van der Waals surface area contributed by atoms with Gasteiger partial charge in [0.25, 0.3) is 5.91 Å². The number of amides is 1. The number of carbonyl (C=O) groups is 1. The van der Waals surface area contributed by atoms with Gasteiger partial charge in [-0.2, -0.15) is 15.1 Å². The van der Waals surface area contributed by atoms with Crippen LogP contribution in [0.25, 0.3) is 6.08 Å². The number of hydrazone groups is 1. The number of hydrogen-bond donors (Lipinski definition) is 1. The van der Waals surface area contributed by atoms with E-state index in [1.54, 1.807) is 25.3 Å². The molecule has 0 saturated carbocycles. The van der Waals surface area contributed by atoms with Crippen LogP contribution in [0.2, 0.25) is 5.02 Å². The zero-order valence-corrected chi connectivity index (χ0v) is 25.4. The fourth-order valence-electron chi connectivity index (χ4n) is 4.46. The highest BCUT2D eigenvalue weighted by atomic mass is 35.5. The van der Waals surface area contributed by atoms with E-state index in [0.717, 1.165) is 23.1 Å². The van der Waals surface area contributed by atoms with Crippen molar-refractivity contribution in [3.8, 4) is 23.0 Å². The first-order valence-electron chi connectivity index (χ1n) is 13.3. The summed E-state index contributed by atoms with van der Waals surface area (Å²) in [6.07, 6.45) is 4.10. The smallest absolute Gasteiger partial charge is 0.283 e. The van der Waals surface area contributed by atoms with Crippen LogP contribution >= 0.6 is 23.4 Å². The summed E-state index contributed by atoms with van der Waals surface area (Å²) in [7, 11) is 3.08. The highest BCUT2D eigenvalue weighted by Gasteiger charge is 2.36. The van der Waals surface area contributed by atoms with Gasteiger partial charge in [-0.15, -0.1) is 6.58 Å². The molecule has 1 amide bonds. The van der Waals surface area contributed by atoms with Gasteiger partial charge in [-0.1, -0.05) is 48.0 Å². The second-order valence-electron chi connectivity index (χ2n) is 9.45. The number of ether oxygens (including phenoxy) is 4. The van der Waals surface area contributed by atoms with Gasteiger partial charge >= 0.3 is 0 Å². The van der Waals surface area contributed by atoms with E-state index in [1.807, 2.05) is 55.5 Å². The van der Waals surface area contributed by atoms with Crippen LogP contribution in [0.3, 0.4) is 0 Å². The number of halogens is 1. The van der Waals surface area contributed by atoms with Crippen molar-refractivity contribution in [1.29, 1.82) is 5.41 Å². The Morgan fingerprint density at radius 1 is 1.02 bits per heavy atom. The molecule has 2 aliphatic heterocycles. The lowest BCUT2D eigenvalue weighted by atomic mass is 10.1. The number of nitrogens with one attached hydrogen (secondary N) is 1. The first-order chi connectivity index (χ1) is 20.8. The first-order valence-corrected chi connectivity index (χ1v) is 14.5. The Hall–Kier alpha value is -4.54. The van der Waals surface area contributed by atoms with Crippen LogP contribution in [0.15, 0.2) is 82.9 Å². The zero-order chi connectivity index (χ0) is 30.5. The number of nitrogens with zero attached hydrogens (tertiary/aromatic N) is 3. The largest absolute Gasteiger partial charge is 0.493 e. The number of aryl methyl sites for hydroxylation is 1. The minimum atomic E-state index is -0.537. The van der Waals surface area contributed by atoms with Gasteiger partial charge in [0.05, 0.1) is 24.8 Å². The number of fused-ring (bicyclic) bond motifs is 1. The lowest BCUT2D eigenvalue weighted by Gasteiger charge is -2.20. The Bertz CT molecular complexity index is 1700. The van der Waals surface area contributed by atoms with E-state index in [1.165, 1.54) is 23.9 Å². The van der Waals surface area contributed by atoms with Crippen molar-refractivity contribution in [2.45, 2.75) is 13.3 Å². The first kappa shape index (κ1) is 29.9. The molecule has 0 unspecified atom stereocenters. The summed E-state index contributed by atoms with van der Waals surface area (Å²) in [6.45, 7) is 6.16. The average molecular weight is 617 g/mol. The number of allylic oxidation sites excluding steroid dienone is 1. The zero-order valence-electron chi connectivity index (χ0n) is 23.8. The van der Waals surface area contributed by atoms with Crippen molar-refractivity contribution in [3.63, 3.8) is 0 Å². The van der Waals surface area contributed by atoms with Crippen LogP contribution in [0.1, 0.15) is 22.3 Å². The van der Waals surface area contributed by atoms with E-state index in [-0.39, 0.29) is 29.6 Å². The second-order valence-corrected chi connectivity index (χ2v) is 10.8. The van der Waals surface area contributed by atoms with E-state index in [4.69, 9.17) is 36.0 Å². The Kier molecular flexibility index (Phi) is 9.18. The molecule has 0 aliphatic carbocycles. The molecule has 9 nitrogen and oxygen atoms in total. The van der Waals surface area contributed by atoms with Crippen LogP contribution in [-0.2, 0) is 11.2 Å². The fourth-order valence-corrected chi connectivity index (χ4v) is 5.72. The summed E-state index contributed by atoms with van der Waals surface area (Å²) in [5.74, 6) is 1.29. The third-order valence-corrected chi connectivity index (χ3v) is 7.81. The molecule has 3 aromatic carbocycles. The Morgan fingerprint density at radius 3 is 2.53 bits per heavy atom. The lowest BCUT2D eigenvalue weighted by Crippen LogP contribution is -2.35. The van der Waals surface area contributed by atoms with Crippen LogP contribution in [0, 0.1) is 12.3 Å². The number of amidine groups is 2. The summed E-state index contributed by atoms with van der Waals surface area (Å²) in [6, 6.07) is 16.8. The molecule has 0 atom stereocenters. The summed E-state index contributed by atoms with van der Waals surface area (Å²) in [4.78, 5) is 17.1. The predicted molar refractivity (Wildman–Crippen MR) is 171 cm³/mol. The quantitative estimate of drug-likeness (QED) is 0.148. The van der Waals surface area contributed by atoms with Crippen molar-refractivity contribution < 1.29 is 23.7 Å². The topological polar surface area (TPSA) is 106 Å². The number of hydrogen-bond acceptors (Lipinski definition) is 8. The van der Waals surface area contributed by atoms with Gasteiger partial charge in [0.1, 0.15) is 18.3 Å².